The van der Waals surface area contributed by atoms with Gasteiger partial charge < -0.3 is 4.18 Å². The molecule has 4 heteroatoms. The van der Waals surface area contributed by atoms with Crippen LogP contribution in [0.25, 0.3) is 0 Å². The minimum atomic E-state index is 0.0477. The van der Waals surface area contributed by atoms with Crippen molar-refractivity contribution in [2.45, 2.75) is 9.79 Å². The topological polar surface area (TPSA) is 26.3 Å². The van der Waals surface area contributed by atoms with Crippen LogP contribution in [-0.4, -0.2) is 5.12 Å². The summed E-state index contributed by atoms with van der Waals surface area (Å²) in [7, 11) is 0. The van der Waals surface area contributed by atoms with Gasteiger partial charge in [-0.3, -0.25) is 4.79 Å². The highest BCUT2D eigenvalue weighted by Crippen LogP contribution is 2.27. The molecular formula is C19H14O2S2. The van der Waals surface area contributed by atoms with Gasteiger partial charge in [-0.25, -0.2) is 0 Å². The van der Waals surface area contributed by atoms with Crippen LogP contribution in [-0.2, 0) is 0 Å². The smallest absolute Gasteiger partial charge is 0.224 e. The molecule has 0 aliphatic rings. The first-order chi connectivity index (χ1) is 11.3. The summed E-state index contributed by atoms with van der Waals surface area (Å²) in [5, 5.41) is 0.0477. The number of hydrogen-bond donors (Lipinski definition) is 0. The second-order valence-electron chi connectivity index (χ2n) is 4.71. The Morgan fingerprint density at radius 2 is 1.26 bits per heavy atom. The number of benzene rings is 3. The molecule has 114 valence electrons. The van der Waals surface area contributed by atoms with Gasteiger partial charge in [-0.1, -0.05) is 48.5 Å². The van der Waals surface area contributed by atoms with Crippen LogP contribution in [0.4, 0.5) is 0 Å². The second kappa shape index (κ2) is 7.90. The fraction of sp³-hybridized carbons (Fsp3) is 0. The van der Waals surface area contributed by atoms with Crippen molar-refractivity contribution in [2.24, 2.45) is 0 Å². The highest BCUT2D eigenvalue weighted by atomic mass is 32.2. The third-order valence-corrected chi connectivity index (χ3v) is 4.69. The quantitative estimate of drug-likeness (QED) is 0.440. The van der Waals surface area contributed by atoms with E-state index in [9.17, 15) is 4.79 Å². The molecule has 0 aromatic heterocycles. The Balaban J connectivity index is 1.58. The molecule has 0 radical (unpaired) electrons. The molecule has 0 saturated carbocycles. The molecule has 0 aliphatic carbocycles. The van der Waals surface area contributed by atoms with Gasteiger partial charge in [0.2, 0.25) is 5.12 Å². The van der Waals surface area contributed by atoms with Crippen molar-refractivity contribution >= 4 is 28.9 Å². The number of thioether (sulfide) groups is 1. The van der Waals surface area contributed by atoms with Gasteiger partial charge in [-0.05, 0) is 48.2 Å². The van der Waals surface area contributed by atoms with Crippen molar-refractivity contribution in [3.05, 3.63) is 90.5 Å². The van der Waals surface area contributed by atoms with Crippen LogP contribution in [0.1, 0.15) is 10.4 Å². The lowest BCUT2D eigenvalue weighted by Gasteiger charge is -2.05. The molecule has 0 amide bonds. The third-order valence-electron chi connectivity index (χ3n) is 3.02. The molecule has 0 N–H and O–H groups in total. The summed E-state index contributed by atoms with van der Waals surface area (Å²) >= 11 is 2.53. The SMILES string of the molecule is O=C(Sc1ccc(SOc2ccccc2)cc1)c1ccccc1. The van der Waals surface area contributed by atoms with E-state index in [2.05, 4.69) is 0 Å². The number of hydrogen-bond acceptors (Lipinski definition) is 4. The fourth-order valence-electron chi connectivity index (χ4n) is 1.88. The van der Waals surface area contributed by atoms with E-state index in [0.29, 0.717) is 5.56 Å². The lowest BCUT2D eigenvalue weighted by atomic mass is 10.2. The first-order valence-electron chi connectivity index (χ1n) is 7.08. The zero-order valence-electron chi connectivity index (χ0n) is 12.2. The summed E-state index contributed by atoms with van der Waals surface area (Å²) in [4.78, 5) is 14.1. The molecule has 23 heavy (non-hydrogen) atoms. The largest absolute Gasteiger partial charge is 0.421 e. The highest BCUT2D eigenvalue weighted by molar-refractivity contribution is 8.14. The standard InChI is InChI=1S/C19H14O2S2/c20-19(15-7-3-1-4-8-15)22-17-11-13-18(14-12-17)23-21-16-9-5-2-6-10-16/h1-14H. The molecule has 0 fully saturated rings. The van der Waals surface area contributed by atoms with Crippen LogP contribution in [0.15, 0.2) is 94.7 Å². The summed E-state index contributed by atoms with van der Waals surface area (Å²) in [6.07, 6.45) is 0. The Morgan fingerprint density at radius 1 is 0.696 bits per heavy atom. The summed E-state index contributed by atoms with van der Waals surface area (Å²) in [6, 6.07) is 26.7. The molecule has 0 spiro atoms. The Labute approximate surface area is 144 Å². The summed E-state index contributed by atoms with van der Waals surface area (Å²) in [5.41, 5.74) is 0.711. The maximum atomic E-state index is 12.1. The van der Waals surface area contributed by atoms with Gasteiger partial charge in [0.25, 0.3) is 0 Å². The molecule has 3 aromatic carbocycles. The zero-order valence-corrected chi connectivity index (χ0v) is 13.8. The van der Waals surface area contributed by atoms with Crippen molar-refractivity contribution in [1.29, 1.82) is 0 Å². The van der Waals surface area contributed by atoms with Gasteiger partial charge in [-0.2, -0.15) is 0 Å². The van der Waals surface area contributed by atoms with E-state index in [1.165, 1.54) is 23.8 Å². The predicted molar refractivity (Wildman–Crippen MR) is 96.0 cm³/mol. The van der Waals surface area contributed by atoms with E-state index < -0.39 is 0 Å². The zero-order chi connectivity index (χ0) is 15.9. The van der Waals surface area contributed by atoms with Gasteiger partial charge in [0.15, 0.2) is 0 Å². The van der Waals surface area contributed by atoms with E-state index in [1.54, 1.807) is 0 Å². The van der Waals surface area contributed by atoms with Gasteiger partial charge >= 0.3 is 0 Å². The summed E-state index contributed by atoms with van der Waals surface area (Å²) < 4.78 is 5.63. The number of rotatable bonds is 5. The molecule has 3 rings (SSSR count). The van der Waals surface area contributed by atoms with E-state index in [4.69, 9.17) is 4.18 Å². The van der Waals surface area contributed by atoms with Crippen LogP contribution in [0.3, 0.4) is 0 Å². The van der Waals surface area contributed by atoms with E-state index >= 15 is 0 Å². The maximum absolute atomic E-state index is 12.1. The molecule has 0 atom stereocenters. The lowest BCUT2D eigenvalue weighted by Crippen LogP contribution is -1.92. The van der Waals surface area contributed by atoms with Crippen molar-refractivity contribution in [2.75, 3.05) is 0 Å². The predicted octanol–water partition coefficient (Wildman–Crippen LogP) is 5.71. The third kappa shape index (κ3) is 4.65. The van der Waals surface area contributed by atoms with Gasteiger partial charge in [-0.15, -0.1) is 0 Å². The molecular weight excluding hydrogens is 324 g/mol. The summed E-state index contributed by atoms with van der Waals surface area (Å²) in [5.74, 6) is 0.815. The molecule has 0 saturated heterocycles. The first-order valence-corrected chi connectivity index (χ1v) is 8.64. The van der Waals surface area contributed by atoms with Gasteiger partial charge in [0.05, 0.1) is 12.0 Å². The number of carbonyl (C=O) groups is 1. The van der Waals surface area contributed by atoms with Crippen molar-refractivity contribution in [3.63, 3.8) is 0 Å². The van der Waals surface area contributed by atoms with Crippen LogP contribution < -0.4 is 4.18 Å². The van der Waals surface area contributed by atoms with Crippen LogP contribution in [0, 0.1) is 0 Å². The fourth-order valence-corrected chi connectivity index (χ4v) is 3.17. The minimum absolute atomic E-state index is 0.0477. The number of para-hydroxylation sites is 1. The lowest BCUT2D eigenvalue weighted by molar-refractivity contribution is 0.108. The Hall–Kier alpha value is -2.17. The van der Waals surface area contributed by atoms with E-state index in [0.717, 1.165) is 15.5 Å². The molecule has 3 aromatic rings. The summed E-state index contributed by atoms with van der Waals surface area (Å²) in [6.45, 7) is 0. The average molecular weight is 338 g/mol. The Bertz CT molecular complexity index is 756. The van der Waals surface area contributed by atoms with Crippen molar-refractivity contribution < 1.29 is 8.98 Å². The first kappa shape index (κ1) is 15.7. The second-order valence-corrected chi connectivity index (χ2v) is 6.56. The van der Waals surface area contributed by atoms with Crippen LogP contribution >= 0.6 is 23.8 Å². The molecule has 2 nitrogen and oxygen atoms in total. The van der Waals surface area contributed by atoms with Crippen molar-refractivity contribution in [1.82, 2.24) is 0 Å². The monoisotopic (exact) mass is 338 g/mol. The maximum Gasteiger partial charge on any atom is 0.224 e. The normalized spacial score (nSPS) is 10.3. The average Bonchev–Trinajstić information content (AvgIpc) is 2.63. The minimum Gasteiger partial charge on any atom is -0.421 e. The Morgan fingerprint density at radius 3 is 1.91 bits per heavy atom. The van der Waals surface area contributed by atoms with E-state index in [-0.39, 0.29) is 5.12 Å². The van der Waals surface area contributed by atoms with E-state index in [1.807, 2.05) is 84.9 Å². The molecule has 0 aliphatic heterocycles. The van der Waals surface area contributed by atoms with Crippen molar-refractivity contribution in [3.8, 4) is 5.75 Å². The van der Waals surface area contributed by atoms with Gasteiger partial charge in [0, 0.05) is 15.4 Å². The number of carbonyl (C=O) groups excluding carboxylic acids is 1. The van der Waals surface area contributed by atoms with Crippen LogP contribution in [0.2, 0.25) is 0 Å². The van der Waals surface area contributed by atoms with Gasteiger partial charge in [0.1, 0.15) is 5.75 Å². The highest BCUT2D eigenvalue weighted by Gasteiger charge is 2.07. The van der Waals surface area contributed by atoms with Crippen LogP contribution in [0.5, 0.6) is 5.75 Å². The molecule has 0 bridgehead atoms. The molecule has 0 heterocycles. The Kier molecular flexibility index (Phi) is 5.40. The molecule has 0 unspecified atom stereocenters.